The summed E-state index contributed by atoms with van der Waals surface area (Å²) in [5.41, 5.74) is -0.375. The van der Waals surface area contributed by atoms with Crippen LogP contribution in [0.2, 0.25) is 0 Å². The fourth-order valence-corrected chi connectivity index (χ4v) is 2.51. The van der Waals surface area contributed by atoms with Gasteiger partial charge in [0.05, 0.1) is 6.07 Å². The van der Waals surface area contributed by atoms with E-state index in [2.05, 4.69) is 30.1 Å². The topological polar surface area (TPSA) is 39.1 Å². The van der Waals surface area contributed by atoms with Gasteiger partial charge in [0.15, 0.2) is 0 Å². The summed E-state index contributed by atoms with van der Waals surface area (Å²) in [5.74, 6) is 1.83. The van der Waals surface area contributed by atoms with E-state index in [4.69, 9.17) is 0 Å². The van der Waals surface area contributed by atoms with Crippen LogP contribution in [0.5, 0.6) is 0 Å². The Hall–Kier alpha value is -0.590. The third-order valence-corrected chi connectivity index (χ3v) is 3.98. The number of nitrogens with zero attached hydrogens (tertiary/aromatic N) is 2. The molecule has 0 spiro atoms. The molecule has 2 rings (SSSR count). The zero-order valence-corrected chi connectivity index (χ0v) is 11.9. The van der Waals surface area contributed by atoms with Crippen LogP contribution in [0.25, 0.3) is 0 Å². The highest BCUT2D eigenvalue weighted by atomic mass is 15.2. The van der Waals surface area contributed by atoms with Crippen molar-refractivity contribution in [2.24, 2.45) is 11.8 Å². The molecule has 1 N–H and O–H groups in total. The molecule has 102 valence electrons. The van der Waals surface area contributed by atoms with Crippen LogP contribution >= 0.6 is 0 Å². The largest absolute Gasteiger partial charge is 0.300 e. The van der Waals surface area contributed by atoms with Gasteiger partial charge in [-0.1, -0.05) is 6.92 Å². The number of nitrogens with one attached hydrogen (secondary N) is 1. The molecule has 0 aromatic carbocycles. The minimum Gasteiger partial charge on any atom is -0.300 e. The normalized spacial score (nSPS) is 22.8. The van der Waals surface area contributed by atoms with Gasteiger partial charge in [-0.25, -0.2) is 0 Å². The van der Waals surface area contributed by atoms with Crippen LogP contribution in [0.4, 0.5) is 0 Å². The maximum atomic E-state index is 9.42. The van der Waals surface area contributed by atoms with Gasteiger partial charge in [-0.15, -0.1) is 0 Å². The summed E-state index contributed by atoms with van der Waals surface area (Å²) >= 11 is 0. The van der Waals surface area contributed by atoms with E-state index in [1.54, 1.807) is 0 Å². The maximum absolute atomic E-state index is 9.42. The van der Waals surface area contributed by atoms with Gasteiger partial charge in [-0.3, -0.25) is 10.2 Å². The van der Waals surface area contributed by atoms with Gasteiger partial charge in [0.2, 0.25) is 0 Å². The van der Waals surface area contributed by atoms with Gasteiger partial charge in [0, 0.05) is 19.6 Å². The monoisotopic (exact) mass is 249 g/mol. The van der Waals surface area contributed by atoms with E-state index in [0.29, 0.717) is 0 Å². The Morgan fingerprint density at radius 2 is 1.78 bits per heavy atom. The zero-order valence-electron chi connectivity index (χ0n) is 11.9. The van der Waals surface area contributed by atoms with Crippen molar-refractivity contribution in [1.29, 1.82) is 5.26 Å². The van der Waals surface area contributed by atoms with Crippen molar-refractivity contribution in [3.8, 4) is 6.07 Å². The summed E-state index contributed by atoms with van der Waals surface area (Å²) in [7, 11) is 0. The van der Waals surface area contributed by atoms with Gasteiger partial charge >= 0.3 is 0 Å². The third-order valence-electron chi connectivity index (χ3n) is 3.98. The molecule has 2 saturated carbocycles. The van der Waals surface area contributed by atoms with E-state index in [1.807, 2.05) is 0 Å². The Kier molecular flexibility index (Phi) is 4.64. The van der Waals surface area contributed by atoms with Crippen molar-refractivity contribution in [2.45, 2.75) is 51.5 Å². The third kappa shape index (κ3) is 4.59. The predicted octanol–water partition coefficient (Wildman–Crippen LogP) is 2.39. The van der Waals surface area contributed by atoms with Crippen LogP contribution in [0.3, 0.4) is 0 Å². The van der Waals surface area contributed by atoms with E-state index < -0.39 is 0 Å². The molecule has 18 heavy (non-hydrogen) atoms. The standard InChI is InChI=1S/C15H27N3/c1-3-8-17-15(2,11-16)12-18(9-13-4-5-13)10-14-6-7-14/h13-14,17H,3-10,12H2,1-2H3. The highest BCUT2D eigenvalue weighted by Gasteiger charge is 2.33. The lowest BCUT2D eigenvalue weighted by Crippen LogP contribution is -2.51. The molecular weight excluding hydrogens is 222 g/mol. The van der Waals surface area contributed by atoms with Crippen molar-refractivity contribution in [3.63, 3.8) is 0 Å². The number of hydrogen-bond donors (Lipinski definition) is 1. The molecule has 2 aliphatic rings. The van der Waals surface area contributed by atoms with Crippen molar-refractivity contribution >= 4 is 0 Å². The van der Waals surface area contributed by atoms with Gasteiger partial charge < -0.3 is 0 Å². The van der Waals surface area contributed by atoms with Crippen LogP contribution in [0, 0.1) is 23.2 Å². The lowest BCUT2D eigenvalue weighted by Gasteiger charge is -2.31. The number of rotatable bonds is 9. The molecule has 0 saturated heterocycles. The van der Waals surface area contributed by atoms with E-state index in [1.165, 1.54) is 38.8 Å². The summed E-state index contributed by atoms with van der Waals surface area (Å²) in [6.07, 6.45) is 6.67. The summed E-state index contributed by atoms with van der Waals surface area (Å²) in [6, 6.07) is 2.48. The van der Waals surface area contributed by atoms with Crippen molar-refractivity contribution < 1.29 is 0 Å². The quantitative estimate of drug-likeness (QED) is 0.682. The Bertz CT molecular complexity index is 287. The number of nitriles is 1. The molecule has 3 heteroatoms. The van der Waals surface area contributed by atoms with Crippen LogP contribution in [0.1, 0.15) is 46.0 Å². The average molecular weight is 249 g/mol. The van der Waals surface area contributed by atoms with Crippen LogP contribution in [-0.4, -0.2) is 36.6 Å². The lowest BCUT2D eigenvalue weighted by atomic mass is 10.0. The number of hydrogen-bond acceptors (Lipinski definition) is 3. The molecule has 1 atom stereocenters. The second kappa shape index (κ2) is 6.04. The lowest BCUT2D eigenvalue weighted by molar-refractivity contribution is 0.204. The first-order chi connectivity index (χ1) is 8.65. The molecular formula is C15H27N3. The molecule has 0 heterocycles. The molecule has 0 aromatic heterocycles. The minimum absolute atomic E-state index is 0.375. The van der Waals surface area contributed by atoms with Crippen molar-refractivity contribution in [2.75, 3.05) is 26.2 Å². The molecule has 0 amide bonds. The highest BCUT2D eigenvalue weighted by molar-refractivity contribution is 5.06. The van der Waals surface area contributed by atoms with Crippen LogP contribution < -0.4 is 5.32 Å². The van der Waals surface area contributed by atoms with E-state index in [-0.39, 0.29) is 5.54 Å². The molecule has 1 unspecified atom stereocenters. The molecule has 0 aromatic rings. The SMILES string of the molecule is CCCNC(C)(C#N)CN(CC1CC1)CC1CC1. The van der Waals surface area contributed by atoms with Gasteiger partial charge in [0.25, 0.3) is 0 Å². The van der Waals surface area contributed by atoms with Gasteiger partial charge in [-0.05, 0) is 57.4 Å². The summed E-state index contributed by atoms with van der Waals surface area (Å²) in [5, 5.41) is 12.8. The van der Waals surface area contributed by atoms with E-state index in [0.717, 1.165) is 31.3 Å². The molecule has 2 aliphatic carbocycles. The maximum Gasteiger partial charge on any atom is 0.116 e. The summed E-state index contributed by atoms with van der Waals surface area (Å²) in [4.78, 5) is 2.54. The van der Waals surface area contributed by atoms with Crippen LogP contribution in [0.15, 0.2) is 0 Å². The summed E-state index contributed by atoms with van der Waals surface area (Å²) < 4.78 is 0. The molecule has 3 nitrogen and oxygen atoms in total. The first-order valence-corrected chi connectivity index (χ1v) is 7.54. The fraction of sp³-hybridized carbons (Fsp3) is 0.933. The molecule has 0 aliphatic heterocycles. The molecule has 0 radical (unpaired) electrons. The second-order valence-electron chi connectivity index (χ2n) is 6.45. The zero-order chi connectivity index (χ0) is 13.0. The van der Waals surface area contributed by atoms with Gasteiger partial charge in [0.1, 0.15) is 5.54 Å². The molecule has 0 bridgehead atoms. The first kappa shape index (κ1) is 13.8. The van der Waals surface area contributed by atoms with Gasteiger partial charge in [-0.2, -0.15) is 5.26 Å². The average Bonchev–Trinajstić information content (AvgIpc) is 3.22. The highest BCUT2D eigenvalue weighted by Crippen LogP contribution is 2.34. The summed E-state index contributed by atoms with van der Waals surface area (Å²) in [6.45, 7) is 8.44. The Morgan fingerprint density at radius 3 is 2.17 bits per heavy atom. The Balaban J connectivity index is 1.85. The van der Waals surface area contributed by atoms with Crippen LogP contribution in [-0.2, 0) is 0 Å². The van der Waals surface area contributed by atoms with Crippen molar-refractivity contribution in [1.82, 2.24) is 10.2 Å². The smallest absolute Gasteiger partial charge is 0.116 e. The van der Waals surface area contributed by atoms with E-state index >= 15 is 0 Å². The Morgan fingerprint density at radius 1 is 1.22 bits per heavy atom. The minimum atomic E-state index is -0.375. The van der Waals surface area contributed by atoms with E-state index in [9.17, 15) is 5.26 Å². The Labute approximate surface area is 112 Å². The fourth-order valence-electron chi connectivity index (χ4n) is 2.51. The molecule has 2 fully saturated rings. The second-order valence-corrected chi connectivity index (χ2v) is 6.45. The predicted molar refractivity (Wildman–Crippen MR) is 74.2 cm³/mol. The first-order valence-electron chi connectivity index (χ1n) is 7.54. The van der Waals surface area contributed by atoms with Crippen molar-refractivity contribution in [3.05, 3.63) is 0 Å².